The fourth-order valence-electron chi connectivity index (χ4n) is 1.92. The van der Waals surface area contributed by atoms with Gasteiger partial charge < -0.3 is 0 Å². The highest BCUT2D eigenvalue weighted by atomic mass is 19.4. The van der Waals surface area contributed by atoms with Crippen molar-refractivity contribution in [2.75, 3.05) is 5.01 Å². The number of anilines is 1. The summed E-state index contributed by atoms with van der Waals surface area (Å²) in [6.07, 6.45) is -1.48. The van der Waals surface area contributed by atoms with Crippen LogP contribution in [0, 0.1) is 10.1 Å². The van der Waals surface area contributed by atoms with Crippen molar-refractivity contribution in [3.05, 3.63) is 57.9 Å². The van der Waals surface area contributed by atoms with Crippen LogP contribution >= 0.6 is 0 Å². The first-order chi connectivity index (χ1) is 10.3. The zero-order chi connectivity index (χ0) is 16.3. The molecule has 1 aromatic carbocycles. The minimum Gasteiger partial charge on any atom is -0.273 e. The molecule has 1 aromatic heterocycles. The summed E-state index contributed by atoms with van der Waals surface area (Å²) in [6, 6.07) is 4.04. The van der Waals surface area contributed by atoms with Gasteiger partial charge in [0, 0.05) is 18.3 Å². The molecule has 0 saturated heterocycles. The Hall–Kier alpha value is -2.58. The zero-order valence-electron chi connectivity index (χ0n) is 11.6. The van der Waals surface area contributed by atoms with Gasteiger partial charge in [0.15, 0.2) is 5.03 Å². The van der Waals surface area contributed by atoms with Gasteiger partial charge in [-0.1, -0.05) is 11.1 Å². The predicted molar refractivity (Wildman–Crippen MR) is 72.5 cm³/mol. The molecule has 118 valence electrons. The first kappa shape index (κ1) is 15.8. The highest BCUT2D eigenvalue weighted by Gasteiger charge is 2.32. The number of halogens is 3. The third kappa shape index (κ3) is 3.54. The van der Waals surface area contributed by atoms with Gasteiger partial charge >= 0.3 is 6.18 Å². The van der Waals surface area contributed by atoms with E-state index in [-0.39, 0.29) is 12.2 Å². The number of hydrazine groups is 1. The van der Waals surface area contributed by atoms with Gasteiger partial charge in [0.1, 0.15) is 12.2 Å². The number of hydrogen-bond donors (Lipinski definition) is 0. The lowest BCUT2D eigenvalue weighted by Gasteiger charge is -2.15. The van der Waals surface area contributed by atoms with Crippen molar-refractivity contribution in [2.45, 2.75) is 26.2 Å². The van der Waals surface area contributed by atoms with E-state index in [1.165, 1.54) is 12.3 Å². The van der Waals surface area contributed by atoms with Crippen molar-refractivity contribution < 1.29 is 18.2 Å². The summed E-state index contributed by atoms with van der Waals surface area (Å²) in [5.74, 6) is 0. The Labute approximate surface area is 123 Å². The van der Waals surface area contributed by atoms with Crippen LogP contribution in [-0.2, 0) is 19.3 Å². The molecule has 0 radical (unpaired) electrons. The molecule has 0 spiro atoms. The maximum absolute atomic E-state index is 12.7. The first-order valence-electron chi connectivity index (χ1n) is 6.41. The molecular formula is C13H13F3N4O2. The largest absolute Gasteiger partial charge is 0.416 e. The number of hydrogen-bond acceptors (Lipinski definition) is 3. The molecule has 0 atom stereocenters. The molecule has 0 fully saturated rings. The highest BCUT2D eigenvalue weighted by Crippen LogP contribution is 2.32. The lowest BCUT2D eigenvalue weighted by Crippen LogP contribution is -2.29. The van der Waals surface area contributed by atoms with Gasteiger partial charge in [-0.15, -0.1) is 0 Å². The Morgan fingerprint density at radius 2 is 2.14 bits per heavy atom. The highest BCUT2D eigenvalue weighted by molar-refractivity contribution is 5.47. The van der Waals surface area contributed by atoms with Crippen LogP contribution in [0.1, 0.15) is 18.1 Å². The van der Waals surface area contributed by atoms with Crippen LogP contribution in [0.3, 0.4) is 0 Å². The summed E-state index contributed by atoms with van der Waals surface area (Å²) in [5, 5.41) is 15.1. The molecule has 0 N–H and O–H groups in total. The van der Waals surface area contributed by atoms with Crippen LogP contribution in [0.5, 0.6) is 0 Å². The van der Waals surface area contributed by atoms with E-state index >= 15 is 0 Å². The normalized spacial score (nSPS) is 11.5. The molecule has 1 heterocycles. The van der Waals surface area contributed by atoms with Crippen molar-refractivity contribution in [3.63, 3.8) is 0 Å². The fraction of sp³-hybridized carbons (Fsp3) is 0.308. The number of nitro groups is 1. The molecule has 2 rings (SSSR count). The van der Waals surface area contributed by atoms with Crippen molar-refractivity contribution in [3.8, 4) is 0 Å². The van der Waals surface area contributed by atoms with E-state index in [0.29, 0.717) is 17.1 Å². The van der Waals surface area contributed by atoms with Crippen molar-refractivity contribution in [2.24, 2.45) is 0 Å². The second-order valence-corrected chi connectivity index (χ2v) is 4.55. The molecule has 9 heteroatoms. The standard InChI is InChI=1S/C13H13F3N4O2/c1-2-18-8-10(7-17-18)9-19(20(21)22)12-5-3-4-11(6-12)13(14,15)16/h3-8H,2,9H2,1H3. The molecule has 0 aliphatic carbocycles. The van der Waals surface area contributed by atoms with Crippen LogP contribution in [0.2, 0.25) is 0 Å². The Bertz CT molecular complexity index is 669. The van der Waals surface area contributed by atoms with E-state index in [9.17, 15) is 23.3 Å². The van der Waals surface area contributed by atoms with E-state index in [2.05, 4.69) is 5.10 Å². The number of aromatic nitrogens is 2. The summed E-state index contributed by atoms with van der Waals surface area (Å²) >= 11 is 0. The molecule has 6 nitrogen and oxygen atoms in total. The summed E-state index contributed by atoms with van der Waals surface area (Å²) in [7, 11) is 0. The molecule has 0 unspecified atom stereocenters. The number of nitrogens with zero attached hydrogens (tertiary/aromatic N) is 4. The smallest absolute Gasteiger partial charge is 0.273 e. The van der Waals surface area contributed by atoms with Crippen molar-refractivity contribution in [1.82, 2.24) is 9.78 Å². The topological polar surface area (TPSA) is 64.2 Å². The number of rotatable bonds is 5. The fourth-order valence-corrected chi connectivity index (χ4v) is 1.92. The van der Waals surface area contributed by atoms with Crippen LogP contribution < -0.4 is 5.01 Å². The van der Waals surface area contributed by atoms with Crippen LogP contribution in [0.25, 0.3) is 0 Å². The van der Waals surface area contributed by atoms with Crippen LogP contribution in [0.15, 0.2) is 36.7 Å². The molecule has 0 saturated carbocycles. The maximum atomic E-state index is 12.7. The van der Waals surface area contributed by atoms with Gasteiger partial charge in [0.2, 0.25) is 0 Å². The van der Waals surface area contributed by atoms with E-state index < -0.39 is 16.8 Å². The Kier molecular flexibility index (Phi) is 4.34. The minimum absolute atomic E-state index is 0.135. The summed E-state index contributed by atoms with van der Waals surface area (Å²) in [5.41, 5.74) is -0.527. The van der Waals surface area contributed by atoms with E-state index in [4.69, 9.17) is 0 Å². The number of benzene rings is 1. The molecule has 0 amide bonds. The molecule has 0 aliphatic rings. The van der Waals surface area contributed by atoms with Gasteiger partial charge in [-0.25, -0.2) is 10.1 Å². The van der Waals surface area contributed by atoms with Gasteiger partial charge in [-0.2, -0.15) is 18.3 Å². The Balaban J connectivity index is 2.30. The van der Waals surface area contributed by atoms with E-state index in [0.717, 1.165) is 18.2 Å². The number of aryl methyl sites for hydroxylation is 1. The van der Waals surface area contributed by atoms with Gasteiger partial charge in [-0.05, 0) is 25.1 Å². The average molecular weight is 314 g/mol. The maximum Gasteiger partial charge on any atom is 0.416 e. The van der Waals surface area contributed by atoms with Crippen LogP contribution in [0.4, 0.5) is 18.9 Å². The molecule has 0 aliphatic heterocycles. The third-order valence-electron chi connectivity index (χ3n) is 3.01. The van der Waals surface area contributed by atoms with E-state index in [1.54, 1.807) is 10.9 Å². The molecule has 0 bridgehead atoms. The van der Waals surface area contributed by atoms with E-state index in [1.807, 2.05) is 6.92 Å². The summed E-state index contributed by atoms with van der Waals surface area (Å²) in [4.78, 5) is 11.2. The zero-order valence-corrected chi connectivity index (χ0v) is 11.6. The number of alkyl halides is 3. The second-order valence-electron chi connectivity index (χ2n) is 4.55. The lowest BCUT2D eigenvalue weighted by atomic mass is 10.2. The van der Waals surface area contributed by atoms with Gasteiger partial charge in [-0.3, -0.25) is 4.68 Å². The lowest BCUT2D eigenvalue weighted by molar-refractivity contribution is -0.496. The summed E-state index contributed by atoms with van der Waals surface area (Å²) < 4.78 is 39.7. The van der Waals surface area contributed by atoms with Crippen molar-refractivity contribution >= 4 is 5.69 Å². The predicted octanol–water partition coefficient (Wildman–Crippen LogP) is 3.12. The Morgan fingerprint density at radius 1 is 1.41 bits per heavy atom. The van der Waals surface area contributed by atoms with Gasteiger partial charge in [0.25, 0.3) is 0 Å². The Morgan fingerprint density at radius 3 is 2.68 bits per heavy atom. The van der Waals surface area contributed by atoms with Gasteiger partial charge in [0.05, 0.1) is 11.8 Å². The summed E-state index contributed by atoms with van der Waals surface area (Å²) in [6.45, 7) is 2.28. The van der Waals surface area contributed by atoms with Crippen molar-refractivity contribution in [1.29, 1.82) is 0 Å². The molecular weight excluding hydrogens is 301 g/mol. The second kappa shape index (κ2) is 6.04. The SMILES string of the molecule is CCn1cc(CN(c2cccc(C(F)(F)F)c2)[N+](=O)[O-])cn1. The minimum atomic E-state index is -4.55. The molecule has 22 heavy (non-hydrogen) atoms. The third-order valence-corrected chi connectivity index (χ3v) is 3.01. The molecule has 2 aromatic rings. The monoisotopic (exact) mass is 314 g/mol. The van der Waals surface area contributed by atoms with Crippen LogP contribution in [-0.4, -0.2) is 14.8 Å². The first-order valence-corrected chi connectivity index (χ1v) is 6.41. The average Bonchev–Trinajstić information content (AvgIpc) is 2.91. The quantitative estimate of drug-likeness (QED) is 0.628.